The van der Waals surface area contributed by atoms with E-state index in [1.54, 1.807) is 6.07 Å². The molecule has 0 radical (unpaired) electrons. The predicted octanol–water partition coefficient (Wildman–Crippen LogP) is 3.34. The second-order valence-electron chi connectivity index (χ2n) is 5.30. The molecule has 0 fully saturated rings. The first-order valence-corrected chi connectivity index (χ1v) is 6.33. The number of benzene rings is 1. The van der Waals surface area contributed by atoms with E-state index in [2.05, 4.69) is 18.8 Å². The first-order chi connectivity index (χ1) is 8.36. The van der Waals surface area contributed by atoms with E-state index < -0.39 is 5.54 Å². The summed E-state index contributed by atoms with van der Waals surface area (Å²) in [5, 5.41) is 0. The van der Waals surface area contributed by atoms with Crippen molar-refractivity contribution in [3.63, 3.8) is 0 Å². The fourth-order valence-corrected chi connectivity index (χ4v) is 2.15. The highest BCUT2D eigenvalue weighted by Crippen LogP contribution is 2.29. The summed E-state index contributed by atoms with van der Waals surface area (Å²) in [4.78, 5) is 4.59. The molecule has 2 N–H and O–H groups in total. The molecule has 1 heterocycles. The summed E-state index contributed by atoms with van der Waals surface area (Å²) in [5.41, 5.74) is 7.41. The lowest BCUT2D eigenvalue weighted by Crippen LogP contribution is -2.35. The number of hydrogen-bond donors (Lipinski definition) is 1. The van der Waals surface area contributed by atoms with Gasteiger partial charge >= 0.3 is 0 Å². The van der Waals surface area contributed by atoms with Crippen molar-refractivity contribution in [2.75, 3.05) is 0 Å². The Hall–Kier alpha value is -1.42. The average molecular weight is 249 g/mol. The molecule has 0 aliphatic rings. The summed E-state index contributed by atoms with van der Waals surface area (Å²) in [6, 6.07) is 4.86. The number of nitrogens with zero attached hydrogens (tertiary/aromatic N) is 2. The first-order valence-electron chi connectivity index (χ1n) is 6.33. The van der Waals surface area contributed by atoms with Crippen LogP contribution >= 0.6 is 0 Å². The largest absolute Gasteiger partial charge is 0.324 e. The van der Waals surface area contributed by atoms with E-state index in [9.17, 15) is 4.39 Å². The molecule has 2 rings (SSSR count). The van der Waals surface area contributed by atoms with Gasteiger partial charge in [0.15, 0.2) is 0 Å². The molecule has 4 heteroatoms. The molecular weight excluding hydrogens is 229 g/mol. The van der Waals surface area contributed by atoms with E-state index >= 15 is 0 Å². The number of imidazole rings is 1. The Morgan fingerprint density at radius 3 is 2.67 bits per heavy atom. The van der Waals surface area contributed by atoms with Gasteiger partial charge in [0.1, 0.15) is 11.6 Å². The van der Waals surface area contributed by atoms with Crippen molar-refractivity contribution >= 4 is 11.0 Å². The Kier molecular flexibility index (Phi) is 3.15. The summed E-state index contributed by atoms with van der Waals surface area (Å²) >= 11 is 0. The van der Waals surface area contributed by atoms with Crippen LogP contribution in [0.4, 0.5) is 4.39 Å². The molecule has 0 aliphatic heterocycles. The van der Waals surface area contributed by atoms with Gasteiger partial charge in [0, 0.05) is 6.04 Å². The Labute approximate surface area is 107 Å². The lowest BCUT2D eigenvalue weighted by atomic mass is 9.99. The van der Waals surface area contributed by atoms with Crippen molar-refractivity contribution in [2.24, 2.45) is 5.73 Å². The minimum absolute atomic E-state index is 0.196. The van der Waals surface area contributed by atoms with Crippen molar-refractivity contribution in [1.82, 2.24) is 9.55 Å². The quantitative estimate of drug-likeness (QED) is 0.906. The minimum atomic E-state index is -0.500. The summed E-state index contributed by atoms with van der Waals surface area (Å²) in [5.74, 6) is 0.576. The van der Waals surface area contributed by atoms with Crippen LogP contribution in [0.2, 0.25) is 0 Å². The van der Waals surface area contributed by atoms with Gasteiger partial charge in [0.05, 0.1) is 16.6 Å². The van der Waals surface area contributed by atoms with Gasteiger partial charge in [-0.05, 0) is 45.4 Å². The van der Waals surface area contributed by atoms with Crippen LogP contribution in [0.3, 0.4) is 0 Å². The minimum Gasteiger partial charge on any atom is -0.324 e. The molecule has 0 spiro atoms. The summed E-state index contributed by atoms with van der Waals surface area (Å²) in [7, 11) is 0. The van der Waals surface area contributed by atoms with E-state index in [1.165, 1.54) is 12.1 Å². The summed E-state index contributed by atoms with van der Waals surface area (Å²) in [6.07, 6.45) is 0.783. The van der Waals surface area contributed by atoms with Crippen LogP contribution in [0.5, 0.6) is 0 Å². The van der Waals surface area contributed by atoms with Crippen LogP contribution in [0.15, 0.2) is 18.2 Å². The first kappa shape index (κ1) is 13.0. The SMILES string of the molecule is CCC(C)(N)c1nc2ccc(F)cc2n1C(C)C. The zero-order valence-electron chi connectivity index (χ0n) is 11.4. The lowest BCUT2D eigenvalue weighted by Gasteiger charge is -2.25. The van der Waals surface area contributed by atoms with E-state index in [-0.39, 0.29) is 11.9 Å². The van der Waals surface area contributed by atoms with E-state index in [4.69, 9.17) is 5.73 Å². The standard InChI is InChI=1S/C14H20FN3/c1-5-14(4,16)13-17-11-7-6-10(15)8-12(11)18(13)9(2)3/h6-9H,5,16H2,1-4H3. The second-order valence-corrected chi connectivity index (χ2v) is 5.30. The normalized spacial score (nSPS) is 15.3. The molecular formula is C14H20FN3. The van der Waals surface area contributed by atoms with Gasteiger partial charge in [-0.25, -0.2) is 9.37 Å². The van der Waals surface area contributed by atoms with Crippen molar-refractivity contribution in [2.45, 2.75) is 45.7 Å². The van der Waals surface area contributed by atoms with E-state index in [0.29, 0.717) is 0 Å². The second kappa shape index (κ2) is 4.35. The van der Waals surface area contributed by atoms with Crippen LogP contribution in [-0.4, -0.2) is 9.55 Å². The Morgan fingerprint density at radius 1 is 1.44 bits per heavy atom. The number of aromatic nitrogens is 2. The van der Waals surface area contributed by atoms with Crippen LogP contribution in [0.25, 0.3) is 11.0 Å². The lowest BCUT2D eigenvalue weighted by molar-refractivity contribution is 0.409. The van der Waals surface area contributed by atoms with Gasteiger partial charge in [-0.1, -0.05) is 6.92 Å². The molecule has 1 atom stereocenters. The molecule has 98 valence electrons. The van der Waals surface area contributed by atoms with E-state index in [0.717, 1.165) is 23.3 Å². The van der Waals surface area contributed by atoms with Crippen molar-refractivity contribution in [3.8, 4) is 0 Å². The highest BCUT2D eigenvalue weighted by Gasteiger charge is 2.27. The monoisotopic (exact) mass is 249 g/mol. The number of fused-ring (bicyclic) bond motifs is 1. The third kappa shape index (κ3) is 2.01. The highest BCUT2D eigenvalue weighted by molar-refractivity contribution is 5.76. The maximum atomic E-state index is 13.4. The van der Waals surface area contributed by atoms with Gasteiger partial charge in [-0.3, -0.25) is 0 Å². The zero-order valence-corrected chi connectivity index (χ0v) is 11.4. The molecule has 0 bridgehead atoms. The average Bonchev–Trinajstić information content (AvgIpc) is 2.68. The fourth-order valence-electron chi connectivity index (χ4n) is 2.15. The maximum absolute atomic E-state index is 13.4. The van der Waals surface area contributed by atoms with Crippen molar-refractivity contribution in [3.05, 3.63) is 29.8 Å². The molecule has 1 aromatic carbocycles. The molecule has 3 nitrogen and oxygen atoms in total. The van der Waals surface area contributed by atoms with Crippen molar-refractivity contribution < 1.29 is 4.39 Å². The Morgan fingerprint density at radius 2 is 2.11 bits per heavy atom. The molecule has 0 aliphatic carbocycles. The van der Waals surface area contributed by atoms with Gasteiger partial charge in [0.25, 0.3) is 0 Å². The molecule has 18 heavy (non-hydrogen) atoms. The summed E-state index contributed by atoms with van der Waals surface area (Å²) in [6.45, 7) is 8.11. The van der Waals surface area contributed by atoms with Crippen LogP contribution in [0, 0.1) is 5.82 Å². The van der Waals surface area contributed by atoms with Crippen molar-refractivity contribution in [1.29, 1.82) is 0 Å². The van der Waals surface area contributed by atoms with Gasteiger partial charge in [-0.2, -0.15) is 0 Å². The number of rotatable bonds is 3. The topological polar surface area (TPSA) is 43.8 Å². The molecule has 0 amide bonds. The number of halogens is 1. The molecule has 2 aromatic rings. The molecule has 0 saturated carbocycles. The predicted molar refractivity (Wildman–Crippen MR) is 71.9 cm³/mol. The Balaban J connectivity index is 2.78. The van der Waals surface area contributed by atoms with Gasteiger partial charge in [0.2, 0.25) is 0 Å². The zero-order chi connectivity index (χ0) is 13.5. The third-order valence-corrected chi connectivity index (χ3v) is 3.41. The smallest absolute Gasteiger partial charge is 0.129 e. The molecule has 1 aromatic heterocycles. The van der Waals surface area contributed by atoms with Crippen LogP contribution in [0.1, 0.15) is 46.0 Å². The number of hydrogen-bond acceptors (Lipinski definition) is 2. The Bertz CT molecular complexity index is 570. The number of nitrogens with two attached hydrogens (primary N) is 1. The summed E-state index contributed by atoms with van der Waals surface area (Å²) < 4.78 is 15.4. The highest BCUT2D eigenvalue weighted by atomic mass is 19.1. The van der Waals surface area contributed by atoms with Crippen LogP contribution < -0.4 is 5.73 Å². The molecule has 0 saturated heterocycles. The van der Waals surface area contributed by atoms with Gasteiger partial charge in [-0.15, -0.1) is 0 Å². The maximum Gasteiger partial charge on any atom is 0.129 e. The molecule has 1 unspecified atom stereocenters. The van der Waals surface area contributed by atoms with Crippen LogP contribution in [-0.2, 0) is 5.54 Å². The third-order valence-electron chi connectivity index (χ3n) is 3.41. The van der Waals surface area contributed by atoms with Gasteiger partial charge < -0.3 is 10.3 Å². The van der Waals surface area contributed by atoms with E-state index in [1.807, 2.05) is 18.4 Å². The fraction of sp³-hybridized carbons (Fsp3) is 0.500.